The van der Waals surface area contributed by atoms with Gasteiger partial charge < -0.3 is 10.2 Å². The lowest BCUT2D eigenvalue weighted by molar-refractivity contribution is 0.714. The average molecular weight is 268 g/mol. The molecule has 0 aliphatic carbocycles. The molecule has 0 saturated heterocycles. The van der Waals surface area contributed by atoms with Gasteiger partial charge in [0, 0.05) is 25.3 Å². The highest BCUT2D eigenvalue weighted by Crippen LogP contribution is 2.18. The smallest absolute Gasteiger partial charge is 0.0432 e. The van der Waals surface area contributed by atoms with Gasteiger partial charge in [-0.25, -0.2) is 0 Å². The summed E-state index contributed by atoms with van der Waals surface area (Å²) in [6.07, 6.45) is 0. The van der Waals surface area contributed by atoms with Crippen molar-refractivity contribution in [3.63, 3.8) is 0 Å². The van der Waals surface area contributed by atoms with Crippen LogP contribution in [0.4, 0.5) is 5.69 Å². The number of hydrogen-bond acceptors (Lipinski definition) is 2. The van der Waals surface area contributed by atoms with Crippen molar-refractivity contribution in [1.29, 1.82) is 0 Å². The molecule has 0 aliphatic heterocycles. The van der Waals surface area contributed by atoms with Gasteiger partial charge in [-0.05, 0) is 36.7 Å². The second-order valence-corrected chi connectivity index (χ2v) is 4.90. The summed E-state index contributed by atoms with van der Waals surface area (Å²) in [5.41, 5.74) is 4.08. The van der Waals surface area contributed by atoms with E-state index in [2.05, 4.69) is 78.7 Å². The maximum Gasteiger partial charge on any atom is 0.0432 e. The molecule has 0 radical (unpaired) electrons. The van der Waals surface area contributed by atoms with Gasteiger partial charge in [-0.1, -0.05) is 49.4 Å². The molecule has 1 N–H and O–H groups in total. The Kier molecular flexibility index (Phi) is 5.63. The maximum absolute atomic E-state index is 3.42. The molecule has 20 heavy (non-hydrogen) atoms. The molecule has 0 fully saturated rings. The van der Waals surface area contributed by atoms with E-state index in [1.807, 2.05) is 0 Å². The highest BCUT2D eigenvalue weighted by Gasteiger charge is 2.07. The van der Waals surface area contributed by atoms with Crippen molar-refractivity contribution in [1.82, 2.24) is 5.32 Å². The zero-order valence-corrected chi connectivity index (χ0v) is 12.5. The second-order valence-electron chi connectivity index (χ2n) is 4.90. The second kappa shape index (κ2) is 7.71. The third-order valence-corrected chi connectivity index (χ3v) is 3.55. The summed E-state index contributed by atoms with van der Waals surface area (Å²) < 4.78 is 0. The van der Waals surface area contributed by atoms with E-state index in [0.29, 0.717) is 0 Å². The Bertz CT molecular complexity index is 508. The number of nitrogens with one attached hydrogen (secondary N) is 1. The molecule has 0 aliphatic rings. The fraction of sp³-hybridized carbons (Fsp3) is 0.333. The number of anilines is 1. The monoisotopic (exact) mass is 268 g/mol. The predicted octanol–water partition coefficient (Wildman–Crippen LogP) is 3.82. The standard InChI is InChI=1S/C18H24N2/c1-3-19-14-16-10-8-9-11-17(16)15-20(4-2)18-12-6-5-7-13-18/h5-13,19H,3-4,14-15H2,1-2H3. The van der Waals surface area contributed by atoms with Crippen molar-refractivity contribution >= 4 is 5.69 Å². The first kappa shape index (κ1) is 14.6. The molecule has 106 valence electrons. The van der Waals surface area contributed by atoms with Crippen molar-refractivity contribution in [2.75, 3.05) is 18.0 Å². The van der Waals surface area contributed by atoms with E-state index in [1.165, 1.54) is 16.8 Å². The van der Waals surface area contributed by atoms with Crippen molar-refractivity contribution in [2.24, 2.45) is 0 Å². The van der Waals surface area contributed by atoms with Gasteiger partial charge in [0.2, 0.25) is 0 Å². The lowest BCUT2D eigenvalue weighted by Gasteiger charge is -2.24. The first-order valence-electron chi connectivity index (χ1n) is 7.42. The summed E-state index contributed by atoms with van der Waals surface area (Å²) in [6, 6.07) is 19.3. The molecular formula is C18H24N2. The Balaban J connectivity index is 2.15. The number of para-hydroxylation sites is 1. The van der Waals surface area contributed by atoms with E-state index in [1.54, 1.807) is 0 Å². The zero-order valence-electron chi connectivity index (χ0n) is 12.5. The largest absolute Gasteiger partial charge is 0.367 e. The fourth-order valence-corrected chi connectivity index (χ4v) is 2.37. The molecule has 2 nitrogen and oxygen atoms in total. The minimum atomic E-state index is 0.943. The average Bonchev–Trinajstić information content (AvgIpc) is 2.52. The Hall–Kier alpha value is -1.80. The summed E-state index contributed by atoms with van der Waals surface area (Å²) >= 11 is 0. The third kappa shape index (κ3) is 3.84. The molecule has 0 heterocycles. The molecule has 2 rings (SSSR count). The summed E-state index contributed by atoms with van der Waals surface area (Å²) in [4.78, 5) is 2.41. The van der Waals surface area contributed by atoms with Crippen LogP contribution in [0.15, 0.2) is 54.6 Å². The molecule has 2 aromatic rings. The maximum atomic E-state index is 3.42. The van der Waals surface area contributed by atoms with E-state index < -0.39 is 0 Å². The van der Waals surface area contributed by atoms with Crippen molar-refractivity contribution in [3.8, 4) is 0 Å². The first-order chi connectivity index (χ1) is 9.85. The van der Waals surface area contributed by atoms with Crippen LogP contribution >= 0.6 is 0 Å². The minimum absolute atomic E-state index is 0.943. The van der Waals surface area contributed by atoms with Gasteiger partial charge in [-0.2, -0.15) is 0 Å². The van der Waals surface area contributed by atoms with E-state index in [-0.39, 0.29) is 0 Å². The van der Waals surface area contributed by atoms with Crippen molar-refractivity contribution in [2.45, 2.75) is 26.9 Å². The summed E-state index contributed by atoms with van der Waals surface area (Å²) in [5, 5.41) is 3.42. The quantitative estimate of drug-likeness (QED) is 0.821. The third-order valence-electron chi connectivity index (χ3n) is 3.55. The molecule has 0 atom stereocenters. The molecule has 0 saturated carbocycles. The van der Waals surface area contributed by atoms with Crippen molar-refractivity contribution < 1.29 is 0 Å². The van der Waals surface area contributed by atoms with Gasteiger partial charge in [0.1, 0.15) is 0 Å². The summed E-state index contributed by atoms with van der Waals surface area (Å²) in [5.74, 6) is 0. The zero-order chi connectivity index (χ0) is 14.2. The van der Waals surface area contributed by atoms with E-state index in [9.17, 15) is 0 Å². The Morgan fingerprint density at radius 2 is 1.50 bits per heavy atom. The SMILES string of the molecule is CCNCc1ccccc1CN(CC)c1ccccc1. The van der Waals surface area contributed by atoms with Gasteiger partial charge >= 0.3 is 0 Å². The van der Waals surface area contributed by atoms with E-state index in [0.717, 1.165) is 26.2 Å². The van der Waals surface area contributed by atoms with Gasteiger partial charge in [0.15, 0.2) is 0 Å². The molecule has 0 amide bonds. The normalized spacial score (nSPS) is 10.5. The van der Waals surface area contributed by atoms with Crippen LogP contribution in [0, 0.1) is 0 Å². The first-order valence-corrected chi connectivity index (χ1v) is 7.42. The number of nitrogens with zero attached hydrogens (tertiary/aromatic N) is 1. The van der Waals surface area contributed by atoms with Crippen LogP contribution in [0.25, 0.3) is 0 Å². The van der Waals surface area contributed by atoms with Gasteiger partial charge in [-0.15, -0.1) is 0 Å². The molecule has 2 heteroatoms. The number of rotatable bonds is 7. The summed E-state index contributed by atoms with van der Waals surface area (Å²) in [6.45, 7) is 8.27. The van der Waals surface area contributed by atoms with E-state index >= 15 is 0 Å². The van der Waals surface area contributed by atoms with Crippen molar-refractivity contribution in [3.05, 3.63) is 65.7 Å². The van der Waals surface area contributed by atoms with Crippen LogP contribution < -0.4 is 10.2 Å². The topological polar surface area (TPSA) is 15.3 Å². The number of hydrogen-bond donors (Lipinski definition) is 1. The highest BCUT2D eigenvalue weighted by molar-refractivity contribution is 5.47. The molecule has 0 unspecified atom stereocenters. The molecule has 0 spiro atoms. The van der Waals surface area contributed by atoms with Gasteiger partial charge in [0.25, 0.3) is 0 Å². The van der Waals surface area contributed by atoms with Gasteiger partial charge in [0.05, 0.1) is 0 Å². The molecular weight excluding hydrogens is 244 g/mol. The van der Waals surface area contributed by atoms with Crippen LogP contribution in [0.3, 0.4) is 0 Å². The fourth-order valence-electron chi connectivity index (χ4n) is 2.37. The summed E-state index contributed by atoms with van der Waals surface area (Å²) in [7, 11) is 0. The molecule has 0 aromatic heterocycles. The Labute approximate surface area is 122 Å². The Morgan fingerprint density at radius 1 is 0.850 bits per heavy atom. The number of benzene rings is 2. The molecule has 0 bridgehead atoms. The van der Waals surface area contributed by atoms with Crippen LogP contribution in [0.5, 0.6) is 0 Å². The highest BCUT2D eigenvalue weighted by atomic mass is 15.1. The van der Waals surface area contributed by atoms with E-state index in [4.69, 9.17) is 0 Å². The molecule has 2 aromatic carbocycles. The lowest BCUT2D eigenvalue weighted by atomic mass is 10.1. The predicted molar refractivity (Wildman–Crippen MR) is 87.0 cm³/mol. The van der Waals surface area contributed by atoms with Crippen LogP contribution in [-0.2, 0) is 13.1 Å². The lowest BCUT2D eigenvalue weighted by Crippen LogP contribution is -2.23. The van der Waals surface area contributed by atoms with Gasteiger partial charge in [-0.3, -0.25) is 0 Å². The van der Waals surface area contributed by atoms with Crippen LogP contribution in [-0.4, -0.2) is 13.1 Å². The van der Waals surface area contributed by atoms with Crippen LogP contribution in [0.2, 0.25) is 0 Å². The van der Waals surface area contributed by atoms with Crippen LogP contribution in [0.1, 0.15) is 25.0 Å². The minimum Gasteiger partial charge on any atom is -0.367 e. The Morgan fingerprint density at radius 3 is 2.15 bits per heavy atom.